The van der Waals surface area contributed by atoms with Gasteiger partial charge in [-0.25, -0.2) is 4.98 Å². The van der Waals surface area contributed by atoms with Crippen molar-refractivity contribution in [3.63, 3.8) is 0 Å². The number of nitriles is 1. The van der Waals surface area contributed by atoms with E-state index in [1.165, 1.54) is 11.3 Å². The third-order valence-corrected chi connectivity index (χ3v) is 6.67. The Morgan fingerprint density at radius 2 is 1.87 bits per heavy atom. The van der Waals surface area contributed by atoms with E-state index in [2.05, 4.69) is 26.2 Å². The molecule has 0 amide bonds. The van der Waals surface area contributed by atoms with E-state index in [-0.39, 0.29) is 0 Å². The first kappa shape index (κ1) is 29.7. The van der Waals surface area contributed by atoms with Gasteiger partial charge in [0.25, 0.3) is 5.89 Å². The SMILES string of the molecule is CC.CF.Cc1nc(-c2cccnc2)sc1-c1nnc(Cc2ccc(Cl)c(Oc3cc(Cl)cc(C#N)c3)c2)o1. The lowest BCUT2D eigenvalue weighted by Crippen LogP contribution is -1.92. The van der Waals surface area contributed by atoms with Crippen molar-refractivity contribution in [2.24, 2.45) is 0 Å². The Morgan fingerprint density at radius 1 is 1.08 bits per heavy atom. The van der Waals surface area contributed by atoms with Gasteiger partial charge >= 0.3 is 0 Å². The summed E-state index contributed by atoms with van der Waals surface area (Å²) in [6.45, 7) is 5.91. The molecule has 0 fully saturated rings. The minimum absolute atomic E-state index is 0.382. The normalized spacial score (nSPS) is 10.0. The molecule has 3 aromatic heterocycles. The minimum atomic E-state index is 0.382. The van der Waals surface area contributed by atoms with Crippen LogP contribution < -0.4 is 4.74 Å². The van der Waals surface area contributed by atoms with Gasteiger partial charge in [0.15, 0.2) is 0 Å². The summed E-state index contributed by atoms with van der Waals surface area (Å²) in [4.78, 5) is 9.59. The molecule has 39 heavy (non-hydrogen) atoms. The molecule has 0 aliphatic heterocycles. The molecule has 0 unspecified atom stereocenters. The highest BCUT2D eigenvalue weighted by Gasteiger charge is 2.18. The average Bonchev–Trinajstić information content (AvgIpc) is 3.59. The Kier molecular flexibility index (Phi) is 10.9. The van der Waals surface area contributed by atoms with Crippen LogP contribution in [0.2, 0.25) is 10.0 Å². The molecule has 0 atom stereocenters. The van der Waals surface area contributed by atoms with E-state index in [4.69, 9.17) is 37.6 Å². The summed E-state index contributed by atoms with van der Waals surface area (Å²) in [7, 11) is 0.500. The summed E-state index contributed by atoms with van der Waals surface area (Å²) in [5.41, 5.74) is 2.99. The Morgan fingerprint density at radius 3 is 2.59 bits per heavy atom. The van der Waals surface area contributed by atoms with Crippen LogP contribution in [0.25, 0.3) is 21.3 Å². The number of hydrogen-bond acceptors (Lipinski definition) is 8. The second-order valence-corrected chi connectivity index (χ2v) is 9.35. The van der Waals surface area contributed by atoms with Crippen molar-refractivity contribution >= 4 is 34.5 Å². The van der Waals surface area contributed by atoms with Crippen molar-refractivity contribution < 1.29 is 13.5 Å². The van der Waals surface area contributed by atoms with Crippen molar-refractivity contribution in [1.82, 2.24) is 20.2 Å². The first-order valence-electron chi connectivity index (χ1n) is 11.7. The van der Waals surface area contributed by atoms with Gasteiger partial charge in [-0.05, 0) is 55.0 Å². The molecule has 11 heteroatoms. The maximum Gasteiger partial charge on any atom is 0.259 e. The highest BCUT2D eigenvalue weighted by atomic mass is 35.5. The van der Waals surface area contributed by atoms with E-state index < -0.39 is 0 Å². The molecule has 200 valence electrons. The zero-order valence-electron chi connectivity index (χ0n) is 21.6. The van der Waals surface area contributed by atoms with Crippen LogP contribution in [-0.4, -0.2) is 27.3 Å². The van der Waals surface area contributed by atoms with Crippen molar-refractivity contribution in [1.29, 1.82) is 5.26 Å². The first-order valence-corrected chi connectivity index (χ1v) is 13.3. The van der Waals surface area contributed by atoms with Gasteiger partial charge < -0.3 is 9.15 Å². The van der Waals surface area contributed by atoms with Gasteiger partial charge in [-0.15, -0.1) is 21.5 Å². The maximum atomic E-state index is 9.50. The molecule has 5 rings (SSSR count). The Balaban J connectivity index is 0.00000100. The van der Waals surface area contributed by atoms with Crippen molar-refractivity contribution in [2.75, 3.05) is 7.18 Å². The van der Waals surface area contributed by atoms with Crippen LogP contribution in [0.5, 0.6) is 11.5 Å². The summed E-state index contributed by atoms with van der Waals surface area (Å²) in [6.07, 6.45) is 3.87. The van der Waals surface area contributed by atoms with Crippen molar-refractivity contribution in [2.45, 2.75) is 27.2 Å². The van der Waals surface area contributed by atoms with Crippen molar-refractivity contribution in [3.8, 4) is 38.9 Å². The Bertz CT molecular complexity index is 1570. The number of alkyl halides is 1. The number of ether oxygens (including phenoxy) is 1. The quantitative estimate of drug-likeness (QED) is 0.197. The predicted octanol–water partition coefficient (Wildman–Crippen LogP) is 8.74. The average molecular weight is 585 g/mol. The highest BCUT2D eigenvalue weighted by molar-refractivity contribution is 7.18. The summed E-state index contributed by atoms with van der Waals surface area (Å²) < 4.78 is 21.3. The van der Waals surface area contributed by atoms with Crippen LogP contribution in [0, 0.1) is 18.3 Å². The van der Waals surface area contributed by atoms with Crippen LogP contribution in [-0.2, 0) is 6.42 Å². The summed E-state index contributed by atoms with van der Waals surface area (Å²) in [5.74, 6) is 1.70. The number of aryl methyl sites for hydroxylation is 1. The van der Waals surface area contributed by atoms with Crippen LogP contribution in [0.4, 0.5) is 4.39 Å². The number of hydrogen-bond donors (Lipinski definition) is 0. The lowest BCUT2D eigenvalue weighted by Gasteiger charge is -2.10. The fourth-order valence-electron chi connectivity index (χ4n) is 3.35. The van der Waals surface area contributed by atoms with Crippen LogP contribution >= 0.6 is 34.5 Å². The molecule has 0 saturated carbocycles. The topological polar surface area (TPSA) is 97.7 Å². The van der Waals surface area contributed by atoms with Gasteiger partial charge in [0.05, 0.1) is 35.9 Å². The first-order chi connectivity index (χ1) is 19.0. The van der Waals surface area contributed by atoms with Crippen LogP contribution in [0.1, 0.15) is 36.6 Å². The fourth-order valence-corrected chi connectivity index (χ4v) is 4.71. The van der Waals surface area contributed by atoms with Crippen molar-refractivity contribution in [3.05, 3.63) is 93.7 Å². The van der Waals surface area contributed by atoms with Gasteiger partial charge in [-0.3, -0.25) is 9.37 Å². The van der Waals surface area contributed by atoms with E-state index in [0.29, 0.717) is 52.5 Å². The fraction of sp³-hybridized carbons (Fsp3) is 0.179. The van der Waals surface area contributed by atoms with E-state index in [1.807, 2.05) is 39.0 Å². The molecule has 0 N–H and O–H groups in total. The van der Waals surface area contributed by atoms with Gasteiger partial charge in [0, 0.05) is 23.0 Å². The largest absolute Gasteiger partial charge is 0.456 e. The standard InChI is InChI=1S/C25H15Cl2N5O2S.C2H6.CH3F/c1-14-23(35-25(30-14)17-3-2-6-29-13-17)24-32-31-22(34-24)10-15-4-5-20(27)21(9-15)33-19-8-16(12-28)7-18(26)11-19;2*1-2/h2-9,11,13H,10H2,1H3;1-2H3;1H3. The van der Waals surface area contributed by atoms with E-state index in [9.17, 15) is 4.39 Å². The Labute approximate surface area is 239 Å². The van der Waals surface area contributed by atoms with E-state index in [0.717, 1.165) is 26.7 Å². The van der Waals surface area contributed by atoms with Crippen LogP contribution in [0.15, 0.2) is 65.3 Å². The predicted molar refractivity (Wildman–Crippen MR) is 152 cm³/mol. The molecule has 0 radical (unpaired) electrons. The monoisotopic (exact) mass is 583 g/mol. The summed E-state index contributed by atoms with van der Waals surface area (Å²) in [5, 5.41) is 19.2. The number of aromatic nitrogens is 4. The second-order valence-electron chi connectivity index (χ2n) is 7.51. The number of thiazole rings is 1. The summed E-state index contributed by atoms with van der Waals surface area (Å²) in [6, 6.07) is 16.0. The van der Waals surface area contributed by atoms with Gasteiger partial charge in [0.2, 0.25) is 5.89 Å². The molecule has 0 saturated heterocycles. The zero-order chi connectivity index (χ0) is 28.4. The lowest BCUT2D eigenvalue weighted by molar-refractivity contribution is 0.481. The van der Waals surface area contributed by atoms with E-state index >= 15 is 0 Å². The molecule has 3 heterocycles. The highest BCUT2D eigenvalue weighted by Crippen LogP contribution is 2.35. The summed E-state index contributed by atoms with van der Waals surface area (Å²) >= 11 is 13.9. The number of rotatable bonds is 6. The third-order valence-electron chi connectivity index (χ3n) is 4.95. The van der Waals surface area contributed by atoms with Crippen LogP contribution in [0.3, 0.4) is 0 Å². The molecule has 2 aromatic carbocycles. The number of halogens is 3. The molecular formula is C28H24Cl2FN5O2S. The van der Waals surface area contributed by atoms with E-state index in [1.54, 1.807) is 42.7 Å². The molecule has 7 nitrogen and oxygen atoms in total. The molecule has 0 aliphatic carbocycles. The number of benzene rings is 2. The maximum absolute atomic E-state index is 9.50. The van der Waals surface area contributed by atoms with Gasteiger partial charge in [0.1, 0.15) is 21.4 Å². The smallest absolute Gasteiger partial charge is 0.259 e. The zero-order valence-corrected chi connectivity index (χ0v) is 23.9. The Hall–Kier alpha value is -3.84. The molecule has 0 aliphatic rings. The second kappa shape index (κ2) is 14.4. The number of nitrogens with zero attached hydrogens (tertiary/aromatic N) is 5. The lowest BCUT2D eigenvalue weighted by atomic mass is 10.1. The molecule has 0 bridgehead atoms. The minimum Gasteiger partial charge on any atom is -0.456 e. The molecule has 0 spiro atoms. The van der Waals surface area contributed by atoms with Gasteiger partial charge in [-0.2, -0.15) is 5.26 Å². The van der Waals surface area contributed by atoms with Gasteiger partial charge in [-0.1, -0.05) is 43.1 Å². The number of pyridine rings is 1. The molecular weight excluding hydrogens is 560 g/mol. The molecule has 5 aromatic rings. The third kappa shape index (κ3) is 7.60.